The second kappa shape index (κ2) is 5.34. The van der Waals surface area contributed by atoms with Gasteiger partial charge < -0.3 is 16.2 Å². The highest BCUT2D eigenvalue weighted by Crippen LogP contribution is 2.29. The van der Waals surface area contributed by atoms with E-state index in [2.05, 4.69) is 10.3 Å². The molecule has 1 aliphatic carbocycles. The number of hydrogen-bond acceptors (Lipinski definition) is 5. The highest BCUT2D eigenvalue weighted by molar-refractivity contribution is 7.09. The van der Waals surface area contributed by atoms with Gasteiger partial charge >= 0.3 is 0 Å². The Morgan fingerprint density at radius 1 is 1.67 bits per heavy atom. The number of nitrogens with one attached hydrogen (secondary N) is 1. The third-order valence-corrected chi connectivity index (χ3v) is 4.43. The van der Waals surface area contributed by atoms with Crippen LogP contribution in [0.2, 0.25) is 0 Å². The quantitative estimate of drug-likeness (QED) is 0.766. The molecule has 0 aliphatic heterocycles. The molecule has 1 amide bonds. The molecule has 18 heavy (non-hydrogen) atoms. The Kier molecular flexibility index (Phi) is 3.99. The summed E-state index contributed by atoms with van der Waals surface area (Å²) in [7, 11) is 0. The average molecular weight is 269 g/mol. The van der Waals surface area contributed by atoms with E-state index in [1.54, 1.807) is 5.38 Å². The largest absolute Gasteiger partial charge is 0.394 e. The number of aromatic nitrogens is 1. The van der Waals surface area contributed by atoms with E-state index >= 15 is 0 Å². The van der Waals surface area contributed by atoms with E-state index in [4.69, 9.17) is 5.73 Å². The number of aliphatic hydroxyl groups excluding tert-OH is 1. The van der Waals surface area contributed by atoms with Crippen LogP contribution in [0.1, 0.15) is 54.1 Å². The van der Waals surface area contributed by atoms with Gasteiger partial charge in [0.2, 0.25) is 0 Å². The number of nitrogens with two attached hydrogens (primary N) is 1. The van der Waals surface area contributed by atoms with Crippen LogP contribution in [0, 0.1) is 0 Å². The molecule has 0 spiro atoms. The van der Waals surface area contributed by atoms with Crippen LogP contribution in [0.5, 0.6) is 0 Å². The maximum atomic E-state index is 12.1. The molecule has 0 aromatic carbocycles. The topological polar surface area (TPSA) is 88.2 Å². The number of nitrogens with zero attached hydrogens (tertiary/aromatic N) is 1. The molecule has 1 aromatic heterocycles. The standard InChI is InChI=1S/C12H19N3O2S/c1-8(13)11-14-9(6-18-11)10(17)15-12(7-16)4-2-3-5-12/h6,8,16H,2-5,7,13H2,1H3,(H,15,17). The lowest BCUT2D eigenvalue weighted by Gasteiger charge is -2.27. The van der Waals surface area contributed by atoms with Crippen LogP contribution in [0.4, 0.5) is 0 Å². The molecule has 6 heteroatoms. The minimum absolute atomic E-state index is 0.0109. The van der Waals surface area contributed by atoms with Crippen molar-refractivity contribution in [3.05, 3.63) is 16.1 Å². The molecule has 2 rings (SSSR count). The first-order chi connectivity index (χ1) is 8.56. The van der Waals surface area contributed by atoms with Crippen molar-refractivity contribution in [2.45, 2.75) is 44.2 Å². The molecule has 100 valence electrons. The van der Waals surface area contributed by atoms with E-state index < -0.39 is 5.54 Å². The van der Waals surface area contributed by atoms with Crippen LogP contribution >= 0.6 is 11.3 Å². The summed E-state index contributed by atoms with van der Waals surface area (Å²) < 4.78 is 0. The van der Waals surface area contributed by atoms with Gasteiger partial charge in [-0.1, -0.05) is 12.8 Å². The van der Waals surface area contributed by atoms with Crippen LogP contribution in [-0.2, 0) is 0 Å². The van der Waals surface area contributed by atoms with Gasteiger partial charge in [-0.2, -0.15) is 0 Å². The maximum absolute atomic E-state index is 12.1. The molecule has 0 saturated heterocycles. The third-order valence-electron chi connectivity index (χ3n) is 3.39. The second-order valence-corrected chi connectivity index (χ2v) is 5.85. The molecule has 0 radical (unpaired) electrons. The number of hydrogen-bond donors (Lipinski definition) is 3. The zero-order chi connectivity index (χ0) is 13.2. The second-order valence-electron chi connectivity index (χ2n) is 4.96. The van der Waals surface area contributed by atoms with E-state index in [0.717, 1.165) is 30.7 Å². The zero-order valence-electron chi connectivity index (χ0n) is 10.5. The summed E-state index contributed by atoms with van der Waals surface area (Å²) in [6.45, 7) is 1.83. The molecule has 1 unspecified atom stereocenters. The van der Waals surface area contributed by atoms with Gasteiger partial charge in [0.05, 0.1) is 18.2 Å². The Labute approximate surface area is 110 Å². The van der Waals surface area contributed by atoms with E-state index in [-0.39, 0.29) is 18.6 Å². The highest BCUT2D eigenvalue weighted by atomic mass is 32.1. The lowest BCUT2D eigenvalue weighted by molar-refractivity contribution is 0.0834. The number of rotatable bonds is 4. The van der Waals surface area contributed by atoms with Gasteiger partial charge in [0.25, 0.3) is 5.91 Å². The van der Waals surface area contributed by atoms with Crippen molar-refractivity contribution < 1.29 is 9.90 Å². The lowest BCUT2D eigenvalue weighted by atomic mass is 9.99. The van der Waals surface area contributed by atoms with E-state index in [0.29, 0.717) is 5.69 Å². The predicted molar refractivity (Wildman–Crippen MR) is 70.5 cm³/mol. The van der Waals surface area contributed by atoms with Gasteiger partial charge in [0.15, 0.2) is 0 Å². The Balaban J connectivity index is 2.06. The van der Waals surface area contributed by atoms with Crippen molar-refractivity contribution in [2.75, 3.05) is 6.61 Å². The molecule has 0 bridgehead atoms. The predicted octanol–water partition coefficient (Wildman–Crippen LogP) is 1.20. The van der Waals surface area contributed by atoms with Crippen molar-refractivity contribution in [1.82, 2.24) is 10.3 Å². The minimum Gasteiger partial charge on any atom is -0.394 e. The number of carbonyl (C=O) groups is 1. The normalized spacial score (nSPS) is 19.7. The van der Waals surface area contributed by atoms with Crippen molar-refractivity contribution in [3.8, 4) is 0 Å². The van der Waals surface area contributed by atoms with Crippen LogP contribution < -0.4 is 11.1 Å². The van der Waals surface area contributed by atoms with Crippen molar-refractivity contribution in [2.24, 2.45) is 5.73 Å². The van der Waals surface area contributed by atoms with E-state index in [1.165, 1.54) is 11.3 Å². The molecule has 1 aromatic rings. The first kappa shape index (κ1) is 13.5. The van der Waals surface area contributed by atoms with Crippen LogP contribution in [-0.4, -0.2) is 28.1 Å². The van der Waals surface area contributed by atoms with E-state index in [9.17, 15) is 9.90 Å². The van der Waals surface area contributed by atoms with Crippen LogP contribution in [0.15, 0.2) is 5.38 Å². The lowest BCUT2D eigenvalue weighted by Crippen LogP contribution is -2.49. The van der Waals surface area contributed by atoms with Gasteiger partial charge in [0.1, 0.15) is 10.7 Å². The fourth-order valence-corrected chi connectivity index (χ4v) is 3.04. The molecule has 1 fully saturated rings. The number of thiazole rings is 1. The Morgan fingerprint density at radius 2 is 2.33 bits per heavy atom. The minimum atomic E-state index is -0.449. The summed E-state index contributed by atoms with van der Waals surface area (Å²) in [4.78, 5) is 16.3. The monoisotopic (exact) mass is 269 g/mol. The summed E-state index contributed by atoms with van der Waals surface area (Å²) in [5.74, 6) is -0.214. The number of aliphatic hydroxyl groups is 1. The number of carbonyl (C=O) groups excluding carboxylic acids is 1. The van der Waals surface area contributed by atoms with Crippen molar-refractivity contribution in [3.63, 3.8) is 0 Å². The molecular weight excluding hydrogens is 250 g/mol. The van der Waals surface area contributed by atoms with Crippen molar-refractivity contribution in [1.29, 1.82) is 0 Å². The third kappa shape index (κ3) is 2.71. The van der Waals surface area contributed by atoms with E-state index in [1.807, 2.05) is 6.92 Å². The molecule has 4 N–H and O–H groups in total. The Bertz CT molecular complexity index is 425. The van der Waals surface area contributed by atoms with Crippen molar-refractivity contribution >= 4 is 17.2 Å². The summed E-state index contributed by atoms with van der Waals surface area (Å²) >= 11 is 1.39. The summed E-state index contributed by atoms with van der Waals surface area (Å²) in [5.41, 5.74) is 5.67. The molecule has 1 aliphatic rings. The fraction of sp³-hybridized carbons (Fsp3) is 0.667. The smallest absolute Gasteiger partial charge is 0.271 e. The van der Waals surface area contributed by atoms with Gasteiger partial charge in [-0.15, -0.1) is 11.3 Å². The van der Waals surface area contributed by atoms with Gasteiger partial charge in [-0.3, -0.25) is 4.79 Å². The molecule has 5 nitrogen and oxygen atoms in total. The zero-order valence-corrected chi connectivity index (χ0v) is 11.3. The van der Waals surface area contributed by atoms with Gasteiger partial charge in [0, 0.05) is 5.38 Å². The Hall–Kier alpha value is -0.980. The molecule has 1 heterocycles. The first-order valence-corrected chi connectivity index (χ1v) is 7.09. The highest BCUT2D eigenvalue weighted by Gasteiger charge is 2.35. The average Bonchev–Trinajstić information content (AvgIpc) is 2.98. The Morgan fingerprint density at radius 3 is 2.83 bits per heavy atom. The van der Waals surface area contributed by atoms with Gasteiger partial charge in [-0.25, -0.2) is 4.98 Å². The molecule has 1 saturated carbocycles. The van der Waals surface area contributed by atoms with Crippen LogP contribution in [0.25, 0.3) is 0 Å². The van der Waals surface area contributed by atoms with Crippen LogP contribution in [0.3, 0.4) is 0 Å². The summed E-state index contributed by atoms with van der Waals surface area (Å²) in [6, 6.07) is -0.158. The SMILES string of the molecule is CC(N)c1nc(C(=O)NC2(CO)CCCC2)cs1. The molecule has 1 atom stereocenters. The number of amides is 1. The fourth-order valence-electron chi connectivity index (χ4n) is 2.28. The molecular formula is C12H19N3O2S. The first-order valence-electron chi connectivity index (χ1n) is 6.21. The summed E-state index contributed by atoms with van der Waals surface area (Å²) in [6.07, 6.45) is 3.75. The maximum Gasteiger partial charge on any atom is 0.271 e. The summed E-state index contributed by atoms with van der Waals surface area (Å²) in [5, 5.41) is 14.8. The van der Waals surface area contributed by atoms with Gasteiger partial charge in [-0.05, 0) is 19.8 Å².